The molecule has 0 saturated carbocycles. The first-order chi connectivity index (χ1) is 7.24. The first-order valence-electron chi connectivity index (χ1n) is 4.25. The molecule has 78 valence electrons. The Balaban J connectivity index is 2.44. The number of carbonyl (C=O) groups is 1. The SMILES string of the molecule is N#Cc1cccnc1NCCOC(N)=O. The van der Waals surface area contributed by atoms with Crippen LogP contribution in [-0.2, 0) is 4.74 Å². The second kappa shape index (κ2) is 5.44. The molecule has 0 fully saturated rings. The highest BCUT2D eigenvalue weighted by molar-refractivity contribution is 5.64. The van der Waals surface area contributed by atoms with E-state index in [1.54, 1.807) is 18.3 Å². The van der Waals surface area contributed by atoms with E-state index in [2.05, 4.69) is 15.0 Å². The van der Waals surface area contributed by atoms with E-state index in [1.165, 1.54) is 0 Å². The zero-order valence-electron chi connectivity index (χ0n) is 7.93. The summed E-state index contributed by atoms with van der Waals surface area (Å²) < 4.78 is 4.50. The summed E-state index contributed by atoms with van der Waals surface area (Å²) >= 11 is 0. The van der Waals surface area contributed by atoms with Crippen LogP contribution in [-0.4, -0.2) is 24.2 Å². The molecule has 0 bridgehead atoms. The fraction of sp³-hybridized carbons (Fsp3) is 0.222. The van der Waals surface area contributed by atoms with Gasteiger partial charge in [0.1, 0.15) is 18.5 Å². The standard InChI is InChI=1S/C9H10N4O2/c10-6-7-2-1-3-12-8(7)13-4-5-15-9(11)14/h1-3H,4-5H2,(H2,11,14)(H,12,13). The van der Waals surface area contributed by atoms with E-state index in [9.17, 15) is 4.79 Å². The summed E-state index contributed by atoms with van der Waals surface area (Å²) in [5, 5.41) is 11.6. The average Bonchev–Trinajstić information content (AvgIpc) is 2.24. The summed E-state index contributed by atoms with van der Waals surface area (Å²) in [6.07, 6.45) is 0.747. The summed E-state index contributed by atoms with van der Waals surface area (Å²) in [5.41, 5.74) is 5.21. The van der Waals surface area contributed by atoms with Crippen LogP contribution in [0.25, 0.3) is 0 Å². The Hall–Kier alpha value is -2.29. The zero-order valence-corrected chi connectivity index (χ0v) is 7.93. The Morgan fingerprint density at radius 2 is 2.53 bits per heavy atom. The highest BCUT2D eigenvalue weighted by Gasteiger charge is 2.01. The monoisotopic (exact) mass is 206 g/mol. The van der Waals surface area contributed by atoms with Gasteiger partial charge in [0.2, 0.25) is 0 Å². The summed E-state index contributed by atoms with van der Waals surface area (Å²) in [5.74, 6) is 0.466. The van der Waals surface area contributed by atoms with Crippen molar-refractivity contribution >= 4 is 11.9 Å². The third-order valence-corrected chi connectivity index (χ3v) is 1.57. The van der Waals surface area contributed by atoms with Crippen LogP contribution >= 0.6 is 0 Å². The molecule has 0 unspecified atom stereocenters. The number of rotatable bonds is 4. The number of nitriles is 1. The summed E-state index contributed by atoms with van der Waals surface area (Å²) in [6.45, 7) is 0.491. The average molecular weight is 206 g/mol. The van der Waals surface area contributed by atoms with Gasteiger partial charge in [0.25, 0.3) is 0 Å². The molecule has 3 N–H and O–H groups in total. The van der Waals surface area contributed by atoms with E-state index < -0.39 is 6.09 Å². The fourth-order valence-corrected chi connectivity index (χ4v) is 0.957. The van der Waals surface area contributed by atoms with Crippen molar-refractivity contribution in [2.75, 3.05) is 18.5 Å². The molecule has 15 heavy (non-hydrogen) atoms. The lowest BCUT2D eigenvalue weighted by molar-refractivity contribution is 0.161. The third-order valence-electron chi connectivity index (χ3n) is 1.57. The molecule has 1 aromatic rings. The number of amides is 1. The van der Waals surface area contributed by atoms with Gasteiger partial charge >= 0.3 is 6.09 Å². The molecular formula is C9H10N4O2. The third kappa shape index (κ3) is 3.52. The first-order valence-corrected chi connectivity index (χ1v) is 4.25. The number of aromatic nitrogens is 1. The van der Waals surface area contributed by atoms with Crippen LogP contribution in [0.5, 0.6) is 0 Å². The Morgan fingerprint density at radius 3 is 3.20 bits per heavy atom. The van der Waals surface area contributed by atoms with Gasteiger partial charge in [-0.1, -0.05) is 0 Å². The first kappa shape index (κ1) is 10.8. The smallest absolute Gasteiger partial charge is 0.404 e. The molecule has 0 saturated heterocycles. The van der Waals surface area contributed by atoms with Crippen LogP contribution in [0.15, 0.2) is 18.3 Å². The topological polar surface area (TPSA) is 101 Å². The van der Waals surface area contributed by atoms with Gasteiger partial charge in [-0.25, -0.2) is 9.78 Å². The van der Waals surface area contributed by atoms with Gasteiger partial charge in [-0.2, -0.15) is 5.26 Å². The van der Waals surface area contributed by atoms with Gasteiger partial charge in [-0.3, -0.25) is 0 Å². The molecule has 0 aliphatic heterocycles. The minimum absolute atomic E-state index is 0.136. The highest BCUT2D eigenvalue weighted by atomic mass is 16.5. The predicted molar refractivity (Wildman–Crippen MR) is 53.0 cm³/mol. The number of anilines is 1. The van der Waals surface area contributed by atoms with Gasteiger partial charge in [-0.15, -0.1) is 0 Å². The summed E-state index contributed by atoms with van der Waals surface area (Å²) in [7, 11) is 0. The molecule has 0 atom stereocenters. The van der Waals surface area contributed by atoms with E-state index in [1.807, 2.05) is 6.07 Å². The number of nitrogens with zero attached hydrogens (tertiary/aromatic N) is 2. The second-order valence-electron chi connectivity index (χ2n) is 2.61. The van der Waals surface area contributed by atoms with Gasteiger partial charge in [0.05, 0.1) is 12.1 Å². The molecule has 6 nitrogen and oxygen atoms in total. The van der Waals surface area contributed by atoms with Gasteiger partial charge in [0, 0.05) is 6.20 Å². The molecule has 1 rings (SSSR count). The van der Waals surface area contributed by atoms with Gasteiger partial charge in [-0.05, 0) is 12.1 Å². The lowest BCUT2D eigenvalue weighted by Crippen LogP contribution is -2.18. The van der Waals surface area contributed by atoms with Crippen molar-refractivity contribution in [3.8, 4) is 6.07 Å². The van der Waals surface area contributed by atoms with Crippen LogP contribution in [0, 0.1) is 11.3 Å². The van der Waals surface area contributed by atoms with Crippen molar-refractivity contribution in [1.29, 1.82) is 5.26 Å². The van der Waals surface area contributed by atoms with Crippen LogP contribution < -0.4 is 11.1 Å². The lowest BCUT2D eigenvalue weighted by Gasteiger charge is -2.06. The predicted octanol–water partition coefficient (Wildman–Crippen LogP) is 0.460. The maximum absolute atomic E-state index is 10.2. The number of nitrogens with one attached hydrogen (secondary N) is 1. The quantitative estimate of drug-likeness (QED) is 0.697. The second-order valence-corrected chi connectivity index (χ2v) is 2.61. The number of carbonyl (C=O) groups excluding carboxylic acids is 1. The van der Waals surface area contributed by atoms with Crippen LogP contribution in [0.3, 0.4) is 0 Å². The number of pyridine rings is 1. The number of hydrogen-bond acceptors (Lipinski definition) is 5. The molecule has 0 aromatic carbocycles. The molecule has 6 heteroatoms. The lowest BCUT2D eigenvalue weighted by atomic mass is 10.3. The largest absolute Gasteiger partial charge is 0.448 e. The molecule has 1 amide bonds. The zero-order chi connectivity index (χ0) is 11.1. The number of primary amides is 1. The van der Waals surface area contributed by atoms with Crippen molar-refractivity contribution in [2.24, 2.45) is 5.73 Å². The fourth-order valence-electron chi connectivity index (χ4n) is 0.957. The molecule has 0 radical (unpaired) electrons. The van der Waals surface area contributed by atoms with Crippen molar-refractivity contribution in [3.63, 3.8) is 0 Å². The van der Waals surface area contributed by atoms with Gasteiger partial charge < -0.3 is 15.8 Å². The van der Waals surface area contributed by atoms with Crippen molar-refractivity contribution in [3.05, 3.63) is 23.9 Å². The molecule has 0 aliphatic carbocycles. The van der Waals surface area contributed by atoms with E-state index in [-0.39, 0.29) is 6.61 Å². The van der Waals surface area contributed by atoms with E-state index in [0.717, 1.165) is 0 Å². The number of ether oxygens (including phenoxy) is 1. The Kier molecular flexibility index (Phi) is 3.91. The molecule has 1 aromatic heterocycles. The number of hydrogen-bond donors (Lipinski definition) is 2. The minimum atomic E-state index is -0.821. The molecule has 0 aliphatic rings. The normalized spacial score (nSPS) is 9.00. The Labute approximate surface area is 86.7 Å². The Bertz CT molecular complexity index is 386. The maximum atomic E-state index is 10.2. The summed E-state index contributed by atoms with van der Waals surface area (Å²) in [6, 6.07) is 5.30. The van der Waals surface area contributed by atoms with Crippen LogP contribution in [0.4, 0.5) is 10.6 Å². The van der Waals surface area contributed by atoms with Crippen LogP contribution in [0.2, 0.25) is 0 Å². The molecular weight excluding hydrogens is 196 g/mol. The Morgan fingerprint density at radius 1 is 1.73 bits per heavy atom. The molecule has 0 spiro atoms. The molecule has 1 heterocycles. The minimum Gasteiger partial charge on any atom is -0.448 e. The van der Waals surface area contributed by atoms with E-state index >= 15 is 0 Å². The number of nitrogens with two attached hydrogens (primary N) is 1. The van der Waals surface area contributed by atoms with E-state index in [4.69, 9.17) is 11.0 Å². The van der Waals surface area contributed by atoms with Crippen molar-refractivity contribution in [1.82, 2.24) is 4.98 Å². The van der Waals surface area contributed by atoms with E-state index in [0.29, 0.717) is 17.9 Å². The van der Waals surface area contributed by atoms with Crippen molar-refractivity contribution < 1.29 is 9.53 Å². The van der Waals surface area contributed by atoms with Crippen molar-refractivity contribution in [2.45, 2.75) is 0 Å². The maximum Gasteiger partial charge on any atom is 0.404 e. The highest BCUT2D eigenvalue weighted by Crippen LogP contribution is 2.08. The van der Waals surface area contributed by atoms with Gasteiger partial charge in [0.15, 0.2) is 0 Å². The van der Waals surface area contributed by atoms with Crippen LogP contribution in [0.1, 0.15) is 5.56 Å². The summed E-state index contributed by atoms with van der Waals surface area (Å²) in [4.78, 5) is 14.2.